The first-order valence-electron chi connectivity index (χ1n) is 5.66. The van der Waals surface area contributed by atoms with Crippen molar-refractivity contribution in [2.45, 2.75) is 6.42 Å². The Morgan fingerprint density at radius 3 is 2.56 bits per heavy atom. The molecule has 2 aromatic carbocycles. The molecule has 0 amide bonds. The van der Waals surface area contributed by atoms with Crippen LogP contribution in [-0.4, -0.2) is 20.1 Å². The number of nitrogens with one attached hydrogen (secondary N) is 1. The predicted octanol–water partition coefficient (Wildman–Crippen LogP) is 3.21. The highest BCUT2D eigenvalue weighted by Gasteiger charge is 2.11. The van der Waals surface area contributed by atoms with Crippen LogP contribution in [0.5, 0.6) is 0 Å². The lowest BCUT2D eigenvalue weighted by Gasteiger charge is -2.10. The van der Waals surface area contributed by atoms with Crippen LogP contribution in [0.4, 0.5) is 5.69 Å². The Hall–Kier alpha value is -1.26. The number of rotatable bonds is 5. The molecule has 0 aromatic heterocycles. The minimum Gasteiger partial charge on any atom is -0.283 e. The van der Waals surface area contributed by atoms with Gasteiger partial charge in [0.15, 0.2) is 0 Å². The first-order chi connectivity index (χ1) is 8.62. The van der Waals surface area contributed by atoms with Crippen LogP contribution in [-0.2, 0) is 10.0 Å². The highest BCUT2D eigenvalue weighted by Crippen LogP contribution is 2.23. The molecule has 0 radical (unpaired) electrons. The molecule has 0 aliphatic heterocycles. The molecule has 2 rings (SSSR count). The van der Waals surface area contributed by atoms with E-state index < -0.39 is 10.0 Å². The van der Waals surface area contributed by atoms with Gasteiger partial charge in [-0.15, -0.1) is 11.6 Å². The zero-order valence-corrected chi connectivity index (χ0v) is 11.3. The van der Waals surface area contributed by atoms with E-state index in [9.17, 15) is 8.42 Å². The quantitative estimate of drug-likeness (QED) is 0.857. The summed E-state index contributed by atoms with van der Waals surface area (Å²) >= 11 is 5.51. The normalized spacial score (nSPS) is 11.6. The number of fused-ring (bicyclic) bond motifs is 1. The van der Waals surface area contributed by atoms with Crippen LogP contribution in [0.25, 0.3) is 10.8 Å². The topological polar surface area (TPSA) is 46.2 Å². The van der Waals surface area contributed by atoms with Gasteiger partial charge in [0.2, 0.25) is 10.0 Å². The molecule has 0 atom stereocenters. The monoisotopic (exact) mass is 283 g/mol. The fourth-order valence-corrected chi connectivity index (χ4v) is 3.21. The molecular formula is C13H14ClNO2S. The van der Waals surface area contributed by atoms with Crippen molar-refractivity contribution in [1.29, 1.82) is 0 Å². The van der Waals surface area contributed by atoms with Crippen molar-refractivity contribution in [2.24, 2.45) is 0 Å². The third-order valence-corrected chi connectivity index (χ3v) is 4.23. The Bertz CT molecular complexity index is 635. The van der Waals surface area contributed by atoms with Gasteiger partial charge in [-0.2, -0.15) is 0 Å². The van der Waals surface area contributed by atoms with Crippen molar-refractivity contribution in [1.82, 2.24) is 0 Å². The summed E-state index contributed by atoms with van der Waals surface area (Å²) in [5.41, 5.74) is 0.614. The second kappa shape index (κ2) is 5.59. The molecule has 0 aliphatic rings. The lowest BCUT2D eigenvalue weighted by molar-refractivity contribution is 0.600. The summed E-state index contributed by atoms with van der Waals surface area (Å²) in [5.74, 6) is 0.385. The molecule has 0 fully saturated rings. The lowest BCUT2D eigenvalue weighted by Crippen LogP contribution is -2.17. The number of hydrogen-bond donors (Lipinski definition) is 1. The molecule has 0 heterocycles. The van der Waals surface area contributed by atoms with Crippen molar-refractivity contribution in [3.8, 4) is 0 Å². The smallest absolute Gasteiger partial charge is 0.232 e. The Morgan fingerprint density at radius 1 is 1.06 bits per heavy atom. The third-order valence-electron chi connectivity index (χ3n) is 2.60. The summed E-state index contributed by atoms with van der Waals surface area (Å²) in [7, 11) is -3.32. The maximum atomic E-state index is 11.8. The molecular weight excluding hydrogens is 270 g/mol. The Balaban J connectivity index is 2.32. The number of anilines is 1. The van der Waals surface area contributed by atoms with Gasteiger partial charge in [-0.3, -0.25) is 4.72 Å². The summed E-state index contributed by atoms with van der Waals surface area (Å²) in [5, 5.41) is 1.91. The average molecular weight is 284 g/mol. The standard InChI is InChI=1S/C13H14ClNO2S/c14-9-4-10-18(16,17)15-13-8-3-6-11-5-1-2-7-12(11)13/h1-3,5-8,15H,4,9-10H2. The van der Waals surface area contributed by atoms with E-state index in [1.807, 2.05) is 36.4 Å². The molecule has 0 saturated heterocycles. The van der Waals surface area contributed by atoms with Crippen molar-refractivity contribution in [3.05, 3.63) is 42.5 Å². The summed E-state index contributed by atoms with van der Waals surface area (Å²) in [6, 6.07) is 13.2. The molecule has 0 aliphatic carbocycles. The number of hydrogen-bond acceptors (Lipinski definition) is 2. The highest BCUT2D eigenvalue weighted by molar-refractivity contribution is 7.92. The molecule has 0 bridgehead atoms. The van der Waals surface area contributed by atoms with Crippen molar-refractivity contribution in [2.75, 3.05) is 16.4 Å². The summed E-state index contributed by atoms with van der Waals surface area (Å²) in [6.45, 7) is 0. The van der Waals surface area contributed by atoms with Gasteiger partial charge < -0.3 is 0 Å². The van der Waals surface area contributed by atoms with E-state index in [0.717, 1.165) is 10.8 Å². The fraction of sp³-hybridized carbons (Fsp3) is 0.231. The van der Waals surface area contributed by atoms with E-state index in [2.05, 4.69) is 4.72 Å². The minimum absolute atomic E-state index is 0.0414. The van der Waals surface area contributed by atoms with Crippen LogP contribution >= 0.6 is 11.6 Å². The van der Waals surface area contributed by atoms with Crippen molar-refractivity contribution in [3.63, 3.8) is 0 Å². The van der Waals surface area contributed by atoms with E-state index in [1.54, 1.807) is 6.07 Å². The number of alkyl halides is 1. The van der Waals surface area contributed by atoms with E-state index >= 15 is 0 Å². The lowest BCUT2D eigenvalue weighted by atomic mass is 10.1. The summed E-state index contributed by atoms with van der Waals surface area (Å²) < 4.78 is 26.3. The van der Waals surface area contributed by atoms with Gasteiger partial charge in [0.25, 0.3) is 0 Å². The van der Waals surface area contributed by atoms with E-state index in [4.69, 9.17) is 11.6 Å². The van der Waals surface area contributed by atoms with Crippen LogP contribution in [0.15, 0.2) is 42.5 Å². The predicted molar refractivity (Wildman–Crippen MR) is 76.7 cm³/mol. The Morgan fingerprint density at radius 2 is 1.78 bits per heavy atom. The molecule has 0 unspecified atom stereocenters. The molecule has 18 heavy (non-hydrogen) atoms. The van der Waals surface area contributed by atoms with Gasteiger partial charge in [-0.1, -0.05) is 36.4 Å². The number of halogens is 1. The van der Waals surface area contributed by atoms with Crippen LogP contribution < -0.4 is 4.72 Å². The largest absolute Gasteiger partial charge is 0.283 e. The fourth-order valence-electron chi connectivity index (χ4n) is 1.78. The molecule has 0 spiro atoms. The van der Waals surface area contributed by atoms with Gasteiger partial charge in [0.05, 0.1) is 11.4 Å². The molecule has 1 N–H and O–H groups in total. The van der Waals surface area contributed by atoms with Gasteiger partial charge in [-0.25, -0.2) is 8.42 Å². The molecule has 3 nitrogen and oxygen atoms in total. The van der Waals surface area contributed by atoms with Gasteiger partial charge in [-0.05, 0) is 17.9 Å². The van der Waals surface area contributed by atoms with Crippen LogP contribution in [0.3, 0.4) is 0 Å². The second-order valence-electron chi connectivity index (χ2n) is 3.99. The average Bonchev–Trinajstić information content (AvgIpc) is 2.37. The first kappa shape index (κ1) is 13.2. The van der Waals surface area contributed by atoms with Crippen molar-refractivity contribution < 1.29 is 8.42 Å². The number of benzene rings is 2. The van der Waals surface area contributed by atoms with Crippen LogP contribution in [0, 0.1) is 0 Å². The minimum atomic E-state index is -3.32. The summed E-state index contributed by atoms with van der Waals surface area (Å²) in [4.78, 5) is 0. The zero-order chi connectivity index (χ0) is 13.0. The third kappa shape index (κ3) is 3.15. The Kier molecular flexibility index (Phi) is 4.09. The second-order valence-corrected chi connectivity index (χ2v) is 6.21. The van der Waals surface area contributed by atoms with E-state index in [0.29, 0.717) is 18.0 Å². The highest BCUT2D eigenvalue weighted by atomic mass is 35.5. The Labute approximate surface area is 112 Å². The maximum Gasteiger partial charge on any atom is 0.232 e. The van der Waals surface area contributed by atoms with E-state index in [1.165, 1.54) is 0 Å². The SMILES string of the molecule is O=S(=O)(CCCCl)Nc1cccc2ccccc12. The first-order valence-corrected chi connectivity index (χ1v) is 7.85. The van der Waals surface area contributed by atoms with Crippen LogP contribution in [0.1, 0.15) is 6.42 Å². The molecule has 96 valence electrons. The molecule has 5 heteroatoms. The number of sulfonamides is 1. The van der Waals surface area contributed by atoms with E-state index in [-0.39, 0.29) is 5.75 Å². The van der Waals surface area contributed by atoms with Crippen LogP contribution in [0.2, 0.25) is 0 Å². The van der Waals surface area contributed by atoms with Gasteiger partial charge in [0, 0.05) is 11.3 Å². The summed E-state index contributed by atoms with van der Waals surface area (Å²) in [6.07, 6.45) is 0.446. The van der Waals surface area contributed by atoms with Gasteiger partial charge in [0.1, 0.15) is 0 Å². The van der Waals surface area contributed by atoms with Gasteiger partial charge >= 0.3 is 0 Å². The van der Waals surface area contributed by atoms with Crippen molar-refractivity contribution >= 4 is 38.1 Å². The maximum absolute atomic E-state index is 11.8. The molecule has 2 aromatic rings. The zero-order valence-electron chi connectivity index (χ0n) is 9.77. The molecule has 0 saturated carbocycles.